The standard InChI is InChI=1S/C11H9NO4S/c1-12(17(14,15)16)11-4-2-3-8-7-9(13)5-6-10(8)11/h2-7H,1H2,(H-,13,14,15,16)/p+1. The summed E-state index contributed by atoms with van der Waals surface area (Å²) in [5.41, 5.74) is 0.241. The average molecular weight is 252 g/mol. The van der Waals surface area contributed by atoms with Crippen molar-refractivity contribution in [3.05, 3.63) is 36.4 Å². The van der Waals surface area contributed by atoms with Crippen molar-refractivity contribution >= 4 is 33.5 Å². The Balaban J connectivity index is 2.76. The molecule has 5 nitrogen and oxygen atoms in total. The van der Waals surface area contributed by atoms with Crippen molar-refractivity contribution in [3.8, 4) is 5.75 Å². The molecule has 0 bridgehead atoms. The van der Waals surface area contributed by atoms with Crippen LogP contribution < -0.4 is 0 Å². The summed E-state index contributed by atoms with van der Waals surface area (Å²) in [6.07, 6.45) is 0. The van der Waals surface area contributed by atoms with Crippen LogP contribution in [0.5, 0.6) is 5.75 Å². The minimum atomic E-state index is -4.40. The van der Waals surface area contributed by atoms with E-state index in [1.54, 1.807) is 18.2 Å². The van der Waals surface area contributed by atoms with Crippen molar-refractivity contribution in [1.29, 1.82) is 0 Å². The Labute approximate surface area is 98.1 Å². The number of phenolic OH excluding ortho intramolecular Hbond substituents is 1. The average Bonchev–Trinajstić information content (AvgIpc) is 2.25. The van der Waals surface area contributed by atoms with Gasteiger partial charge in [0.25, 0.3) is 0 Å². The van der Waals surface area contributed by atoms with Gasteiger partial charge in [-0.2, -0.15) is 0 Å². The summed E-state index contributed by atoms with van der Waals surface area (Å²) < 4.78 is 31.5. The molecule has 0 aromatic heterocycles. The van der Waals surface area contributed by atoms with Crippen molar-refractivity contribution in [1.82, 2.24) is 0 Å². The summed E-state index contributed by atoms with van der Waals surface area (Å²) >= 11 is 0. The van der Waals surface area contributed by atoms with Gasteiger partial charge in [0, 0.05) is 6.07 Å². The van der Waals surface area contributed by atoms with Gasteiger partial charge >= 0.3 is 10.3 Å². The molecule has 2 aromatic carbocycles. The van der Waals surface area contributed by atoms with E-state index in [0.717, 1.165) is 0 Å². The number of phenols is 1. The lowest BCUT2D eigenvalue weighted by atomic mass is 10.1. The molecule has 0 amide bonds. The third kappa shape index (κ3) is 2.13. The summed E-state index contributed by atoms with van der Waals surface area (Å²) in [7, 11) is -4.40. The maximum Gasteiger partial charge on any atom is 0.511 e. The minimum absolute atomic E-state index is 0.0807. The van der Waals surface area contributed by atoms with Crippen LogP contribution in [0.2, 0.25) is 0 Å². The van der Waals surface area contributed by atoms with Gasteiger partial charge in [-0.15, -0.1) is 8.42 Å². The summed E-state index contributed by atoms with van der Waals surface area (Å²) in [5, 5.41) is 10.5. The predicted molar refractivity (Wildman–Crippen MR) is 64.2 cm³/mol. The van der Waals surface area contributed by atoms with Crippen molar-refractivity contribution in [2.75, 3.05) is 0 Å². The molecule has 0 atom stereocenters. The first kappa shape index (κ1) is 11.6. The highest BCUT2D eigenvalue weighted by atomic mass is 32.2. The molecular weight excluding hydrogens is 242 g/mol. The molecule has 2 N–H and O–H groups in total. The highest BCUT2D eigenvalue weighted by molar-refractivity contribution is 7.79. The van der Waals surface area contributed by atoms with E-state index in [-0.39, 0.29) is 11.4 Å². The number of aromatic hydroxyl groups is 1. The molecule has 0 aliphatic carbocycles. The van der Waals surface area contributed by atoms with Gasteiger partial charge in [-0.25, -0.2) is 4.55 Å². The van der Waals surface area contributed by atoms with Gasteiger partial charge in [0.05, 0.1) is 5.39 Å². The Morgan fingerprint density at radius 2 is 1.88 bits per heavy atom. The molecule has 0 radical (unpaired) electrons. The molecule has 0 heterocycles. The van der Waals surface area contributed by atoms with Crippen LogP contribution in [0, 0.1) is 0 Å². The van der Waals surface area contributed by atoms with E-state index in [0.29, 0.717) is 14.8 Å². The van der Waals surface area contributed by atoms with Gasteiger partial charge in [0.1, 0.15) is 5.75 Å². The zero-order valence-electron chi connectivity index (χ0n) is 8.74. The van der Waals surface area contributed by atoms with Gasteiger partial charge < -0.3 is 5.11 Å². The normalized spacial score (nSPS) is 11.6. The second kappa shape index (κ2) is 3.83. The van der Waals surface area contributed by atoms with Gasteiger partial charge in [-0.3, -0.25) is 0 Å². The van der Waals surface area contributed by atoms with Crippen molar-refractivity contribution in [2.45, 2.75) is 0 Å². The lowest BCUT2D eigenvalue weighted by Crippen LogP contribution is -2.13. The van der Waals surface area contributed by atoms with Crippen LogP contribution in [0.4, 0.5) is 5.69 Å². The third-order valence-corrected chi connectivity index (χ3v) is 3.14. The Bertz CT molecular complexity index is 706. The third-order valence-electron chi connectivity index (χ3n) is 2.39. The first-order valence-electron chi connectivity index (χ1n) is 4.69. The number of hydrogen-bond donors (Lipinski definition) is 2. The predicted octanol–water partition coefficient (Wildman–Crippen LogP) is 1.69. The lowest BCUT2D eigenvalue weighted by molar-refractivity contribution is -0.260. The van der Waals surface area contributed by atoms with E-state index in [1.807, 2.05) is 0 Å². The van der Waals surface area contributed by atoms with Crippen LogP contribution in [0.15, 0.2) is 36.4 Å². The molecule has 17 heavy (non-hydrogen) atoms. The zero-order valence-corrected chi connectivity index (χ0v) is 9.55. The molecule has 2 rings (SSSR count). The number of nitrogens with zero attached hydrogens (tertiary/aromatic N) is 1. The number of benzene rings is 2. The van der Waals surface area contributed by atoms with E-state index < -0.39 is 10.3 Å². The zero-order chi connectivity index (χ0) is 12.6. The van der Waals surface area contributed by atoms with Gasteiger partial charge in [-0.1, -0.05) is 16.1 Å². The Kier molecular flexibility index (Phi) is 2.60. The second-order valence-corrected chi connectivity index (χ2v) is 4.85. The molecule has 0 saturated carbocycles. The van der Waals surface area contributed by atoms with Crippen molar-refractivity contribution < 1.29 is 22.1 Å². The minimum Gasteiger partial charge on any atom is -0.508 e. The highest BCUT2D eigenvalue weighted by Gasteiger charge is 2.23. The van der Waals surface area contributed by atoms with Crippen LogP contribution >= 0.6 is 0 Å². The van der Waals surface area contributed by atoms with Crippen molar-refractivity contribution in [2.24, 2.45) is 0 Å². The molecule has 88 valence electrons. The Morgan fingerprint density at radius 3 is 2.53 bits per heavy atom. The van der Waals surface area contributed by atoms with Crippen LogP contribution in [-0.2, 0) is 10.3 Å². The summed E-state index contributed by atoms with van der Waals surface area (Å²) in [5.74, 6) is 0.0807. The first-order valence-corrected chi connectivity index (χ1v) is 6.09. The summed E-state index contributed by atoms with van der Waals surface area (Å²) in [6, 6.07) is 9.33. The van der Waals surface area contributed by atoms with Crippen LogP contribution in [0.1, 0.15) is 0 Å². The first-order chi connectivity index (χ1) is 7.89. The van der Waals surface area contributed by atoms with Crippen LogP contribution in [0.3, 0.4) is 0 Å². The van der Waals surface area contributed by atoms with Gasteiger partial charge in [-0.05, 0) is 23.6 Å². The molecular formula is C11H10NO4S+. The number of rotatable bonds is 2. The summed E-state index contributed by atoms with van der Waals surface area (Å²) in [4.78, 5) is 0. The second-order valence-electron chi connectivity index (χ2n) is 3.51. The van der Waals surface area contributed by atoms with E-state index in [4.69, 9.17) is 4.55 Å². The maximum atomic E-state index is 11.0. The molecule has 0 unspecified atom stereocenters. The Morgan fingerprint density at radius 1 is 1.18 bits per heavy atom. The molecule has 0 fully saturated rings. The summed E-state index contributed by atoms with van der Waals surface area (Å²) in [6.45, 7) is 3.28. The van der Waals surface area contributed by atoms with E-state index >= 15 is 0 Å². The fourth-order valence-corrected chi connectivity index (χ4v) is 2.00. The molecule has 2 aromatic rings. The van der Waals surface area contributed by atoms with Gasteiger partial charge in [0.2, 0.25) is 5.69 Å². The topological polar surface area (TPSA) is 77.6 Å². The van der Waals surface area contributed by atoms with E-state index in [1.165, 1.54) is 18.2 Å². The van der Waals surface area contributed by atoms with Crippen LogP contribution in [0.25, 0.3) is 10.8 Å². The van der Waals surface area contributed by atoms with E-state index in [2.05, 4.69) is 6.72 Å². The smallest absolute Gasteiger partial charge is 0.508 e. The molecule has 0 spiro atoms. The number of hydrogen-bond acceptors (Lipinski definition) is 3. The number of fused-ring (bicyclic) bond motifs is 1. The quantitative estimate of drug-likeness (QED) is 0.484. The lowest BCUT2D eigenvalue weighted by Gasteiger charge is -2.02. The molecule has 0 aliphatic heterocycles. The molecule has 0 aliphatic rings. The van der Waals surface area contributed by atoms with Crippen molar-refractivity contribution in [3.63, 3.8) is 0 Å². The fourth-order valence-electron chi connectivity index (χ4n) is 1.60. The Hall–Kier alpha value is -1.92. The molecule has 6 heteroatoms. The van der Waals surface area contributed by atoms with Crippen LogP contribution in [-0.4, -0.2) is 28.8 Å². The molecule has 0 saturated heterocycles. The monoisotopic (exact) mass is 252 g/mol. The largest absolute Gasteiger partial charge is 0.511 e. The van der Waals surface area contributed by atoms with E-state index in [9.17, 15) is 13.5 Å². The SMILES string of the molecule is C=[N+](c1cccc2cc(O)ccc12)S(=O)(=O)O. The highest BCUT2D eigenvalue weighted by Crippen LogP contribution is 2.28. The van der Waals surface area contributed by atoms with Gasteiger partial charge in [0.15, 0.2) is 6.72 Å². The fraction of sp³-hybridized carbons (Fsp3) is 0. The maximum absolute atomic E-state index is 11.0.